The van der Waals surface area contributed by atoms with E-state index in [2.05, 4.69) is 71.5 Å². The molecule has 0 radical (unpaired) electrons. The van der Waals surface area contributed by atoms with Crippen molar-refractivity contribution in [3.05, 3.63) is 76.8 Å². The van der Waals surface area contributed by atoms with Crippen LogP contribution in [0.15, 0.2) is 53.9 Å². The molecule has 0 aliphatic carbocycles. The van der Waals surface area contributed by atoms with Crippen molar-refractivity contribution in [1.29, 1.82) is 0 Å². The molecule has 4 nitrogen and oxygen atoms in total. The van der Waals surface area contributed by atoms with Crippen molar-refractivity contribution >= 4 is 29.6 Å². The van der Waals surface area contributed by atoms with Gasteiger partial charge in [0.2, 0.25) is 0 Å². The second-order valence-electron chi connectivity index (χ2n) is 7.83. The molecule has 148 valence electrons. The van der Waals surface area contributed by atoms with Crippen molar-refractivity contribution < 1.29 is 0 Å². The van der Waals surface area contributed by atoms with E-state index in [4.69, 9.17) is 5.73 Å². The van der Waals surface area contributed by atoms with Crippen molar-refractivity contribution in [1.82, 2.24) is 5.32 Å². The second kappa shape index (κ2) is 7.82. The van der Waals surface area contributed by atoms with E-state index in [1.165, 1.54) is 33.5 Å². The standard InChI is InChI=1S/C22H23BN4.C2H6/c1-13(2)17-5-3-4-14-9-21-23(10-18(14)17)11-20(26-21)15-6-7-16-12-25-22(24)27-19(16)8-15;1-2/h3-8,11,21,26H,1,9-10,12H2,2H3,(H3,24,25,27);1-2H3. The number of guanidine groups is 1. The number of allylic oxidation sites excluding steroid dienone is 1. The molecule has 1 unspecified atom stereocenters. The lowest BCUT2D eigenvalue weighted by Gasteiger charge is -2.28. The Kier molecular flexibility index (Phi) is 5.23. The molecule has 3 heterocycles. The average Bonchev–Trinajstić information content (AvgIpc) is 3.15. The van der Waals surface area contributed by atoms with Crippen LogP contribution in [-0.4, -0.2) is 18.6 Å². The Labute approximate surface area is 174 Å². The Bertz CT molecular complexity index is 1020. The number of hydrogen-bond acceptors (Lipinski definition) is 4. The number of benzene rings is 2. The molecule has 3 aliphatic rings. The van der Waals surface area contributed by atoms with Gasteiger partial charge in [-0.2, -0.15) is 0 Å². The van der Waals surface area contributed by atoms with Crippen LogP contribution in [0.4, 0.5) is 5.69 Å². The van der Waals surface area contributed by atoms with E-state index in [-0.39, 0.29) is 0 Å². The summed E-state index contributed by atoms with van der Waals surface area (Å²) in [5, 5.41) is 6.95. The summed E-state index contributed by atoms with van der Waals surface area (Å²) in [6.07, 6.45) is 2.13. The fourth-order valence-electron chi connectivity index (χ4n) is 4.55. The first kappa shape index (κ1) is 19.4. The van der Waals surface area contributed by atoms with Crippen LogP contribution in [-0.2, 0) is 19.3 Å². The number of anilines is 1. The maximum atomic E-state index is 5.84. The van der Waals surface area contributed by atoms with Crippen LogP contribution in [0.25, 0.3) is 11.3 Å². The summed E-state index contributed by atoms with van der Waals surface area (Å²) in [4.78, 5) is 4.25. The first-order valence-electron chi connectivity index (χ1n) is 10.5. The Morgan fingerprint density at radius 3 is 2.83 bits per heavy atom. The van der Waals surface area contributed by atoms with Crippen molar-refractivity contribution in [3.63, 3.8) is 0 Å². The van der Waals surface area contributed by atoms with E-state index in [1.807, 2.05) is 13.8 Å². The largest absolute Gasteiger partial charge is 0.389 e. The predicted molar refractivity (Wildman–Crippen MR) is 126 cm³/mol. The summed E-state index contributed by atoms with van der Waals surface area (Å²) < 4.78 is 0. The molecular formula is C24H29BN4. The monoisotopic (exact) mass is 384 g/mol. The summed E-state index contributed by atoms with van der Waals surface area (Å²) in [7, 11) is 0. The number of nitrogens with zero attached hydrogens (tertiary/aromatic N) is 1. The van der Waals surface area contributed by atoms with Crippen LogP contribution in [0.3, 0.4) is 0 Å². The molecule has 3 aliphatic heterocycles. The predicted octanol–water partition coefficient (Wildman–Crippen LogP) is 4.21. The van der Waals surface area contributed by atoms with Crippen LogP contribution in [0, 0.1) is 0 Å². The zero-order valence-electron chi connectivity index (χ0n) is 17.5. The fourth-order valence-corrected chi connectivity index (χ4v) is 4.55. The molecule has 5 heteroatoms. The van der Waals surface area contributed by atoms with Gasteiger partial charge in [0.15, 0.2) is 12.7 Å². The van der Waals surface area contributed by atoms with Gasteiger partial charge in [0.1, 0.15) is 0 Å². The molecule has 0 bridgehead atoms. The highest BCUT2D eigenvalue weighted by Crippen LogP contribution is 2.33. The van der Waals surface area contributed by atoms with Gasteiger partial charge in [-0.3, -0.25) is 0 Å². The number of nitrogens with one attached hydrogen (secondary N) is 2. The molecule has 1 atom stereocenters. The highest BCUT2D eigenvalue weighted by atomic mass is 15.1. The number of hydrogen-bond donors (Lipinski definition) is 3. The van der Waals surface area contributed by atoms with Gasteiger partial charge >= 0.3 is 0 Å². The third kappa shape index (κ3) is 3.57. The molecule has 2 aromatic carbocycles. The number of rotatable bonds is 2. The fraction of sp³-hybridized carbons (Fsp3) is 0.292. The first-order chi connectivity index (χ1) is 14.1. The van der Waals surface area contributed by atoms with Crippen molar-refractivity contribution in [3.8, 4) is 0 Å². The van der Waals surface area contributed by atoms with E-state index in [0.717, 1.165) is 24.0 Å². The minimum atomic E-state index is 0.462. The quantitative estimate of drug-likeness (QED) is 0.680. The van der Waals surface area contributed by atoms with Gasteiger partial charge in [0, 0.05) is 17.3 Å². The van der Waals surface area contributed by atoms with E-state index in [1.54, 1.807) is 0 Å². The molecule has 29 heavy (non-hydrogen) atoms. The third-order valence-electron chi connectivity index (χ3n) is 5.95. The maximum Gasteiger partial charge on any atom is 0.199 e. The van der Waals surface area contributed by atoms with Crippen LogP contribution in [0.5, 0.6) is 0 Å². The van der Waals surface area contributed by atoms with Crippen LogP contribution >= 0.6 is 0 Å². The van der Waals surface area contributed by atoms with Crippen molar-refractivity contribution in [2.45, 2.75) is 46.0 Å². The molecule has 0 saturated heterocycles. The number of nitrogens with two attached hydrogens (primary N) is 1. The zero-order chi connectivity index (χ0) is 20.5. The normalized spacial score (nSPS) is 18.6. The molecule has 0 fully saturated rings. The Hall–Kier alpha value is -2.95. The second-order valence-corrected chi connectivity index (χ2v) is 7.83. The average molecular weight is 384 g/mol. The number of aliphatic imine (C=N–C) groups is 1. The smallest absolute Gasteiger partial charge is 0.199 e. The first-order valence-corrected chi connectivity index (χ1v) is 10.5. The lowest BCUT2D eigenvalue weighted by Crippen LogP contribution is -2.42. The van der Waals surface area contributed by atoms with Gasteiger partial charge in [-0.05, 0) is 53.5 Å². The van der Waals surface area contributed by atoms with Gasteiger partial charge < -0.3 is 16.4 Å². The topological polar surface area (TPSA) is 62.4 Å². The molecule has 4 N–H and O–H groups in total. The van der Waals surface area contributed by atoms with Gasteiger partial charge in [-0.1, -0.05) is 62.3 Å². The highest BCUT2D eigenvalue weighted by molar-refractivity contribution is 6.68. The van der Waals surface area contributed by atoms with E-state index in [9.17, 15) is 0 Å². The van der Waals surface area contributed by atoms with Crippen molar-refractivity contribution in [2.24, 2.45) is 10.7 Å². The maximum absolute atomic E-state index is 5.84. The van der Waals surface area contributed by atoms with Gasteiger partial charge in [0.25, 0.3) is 0 Å². The summed E-state index contributed by atoms with van der Waals surface area (Å²) in [5.74, 6) is 3.36. The SMILES string of the molecule is C=C(C)c1cccc2c1CB1C=C(c3ccc4c(c3)NC(N)=NC4)NC1C2.CC. The van der Waals surface area contributed by atoms with Crippen molar-refractivity contribution in [2.75, 3.05) is 5.32 Å². The molecule has 5 rings (SSSR count). The van der Waals surface area contributed by atoms with Crippen LogP contribution in [0.1, 0.15) is 48.6 Å². The highest BCUT2D eigenvalue weighted by Gasteiger charge is 2.36. The molecule has 2 aromatic rings. The lowest BCUT2D eigenvalue weighted by atomic mass is 9.39. The van der Waals surface area contributed by atoms with Gasteiger partial charge in [-0.15, -0.1) is 0 Å². The van der Waals surface area contributed by atoms with E-state index in [0.29, 0.717) is 25.2 Å². The molecule has 0 aromatic heterocycles. The van der Waals surface area contributed by atoms with Crippen LogP contribution in [0.2, 0.25) is 0 Å². The minimum absolute atomic E-state index is 0.462. The summed E-state index contributed by atoms with van der Waals surface area (Å²) in [6.45, 7) is 11.4. The molecule has 0 spiro atoms. The van der Waals surface area contributed by atoms with E-state index >= 15 is 0 Å². The Morgan fingerprint density at radius 1 is 1.21 bits per heavy atom. The molecular weight excluding hydrogens is 355 g/mol. The zero-order valence-corrected chi connectivity index (χ0v) is 17.5. The molecule has 0 saturated carbocycles. The van der Waals surface area contributed by atoms with Crippen LogP contribution < -0.4 is 16.4 Å². The Morgan fingerprint density at radius 2 is 2.03 bits per heavy atom. The summed E-state index contributed by atoms with van der Waals surface area (Å²) in [5.41, 5.74) is 15.9. The van der Waals surface area contributed by atoms with Gasteiger partial charge in [-0.25, -0.2) is 4.99 Å². The Balaban J connectivity index is 0.000000994. The summed E-state index contributed by atoms with van der Waals surface area (Å²) in [6, 6.07) is 13.1. The van der Waals surface area contributed by atoms with Gasteiger partial charge in [0.05, 0.1) is 6.54 Å². The molecule has 0 amide bonds. The third-order valence-corrected chi connectivity index (χ3v) is 5.95. The summed E-state index contributed by atoms with van der Waals surface area (Å²) >= 11 is 0. The van der Waals surface area contributed by atoms with E-state index < -0.39 is 0 Å². The minimum Gasteiger partial charge on any atom is -0.389 e. The lowest BCUT2D eigenvalue weighted by molar-refractivity contribution is 0.749. The number of fused-ring (bicyclic) bond motifs is 3.